The molecule has 4 aromatic rings. The number of amides is 1. The van der Waals surface area contributed by atoms with Crippen LogP contribution in [-0.4, -0.2) is 76.1 Å². The summed E-state index contributed by atoms with van der Waals surface area (Å²) >= 11 is 6.49. The van der Waals surface area contributed by atoms with Crippen LogP contribution in [0.5, 0.6) is 0 Å². The Morgan fingerprint density at radius 2 is 1.74 bits per heavy atom. The van der Waals surface area contributed by atoms with Crippen molar-refractivity contribution in [3.63, 3.8) is 0 Å². The Hall–Kier alpha value is -4.42. The van der Waals surface area contributed by atoms with Crippen molar-refractivity contribution in [2.45, 2.75) is 13.0 Å². The van der Waals surface area contributed by atoms with Crippen LogP contribution in [0.15, 0.2) is 55.0 Å². The molecule has 42 heavy (non-hydrogen) atoms. The van der Waals surface area contributed by atoms with Crippen molar-refractivity contribution in [3.8, 4) is 11.1 Å². The molecular formula is C29H28ClF2N7O3. The summed E-state index contributed by atoms with van der Waals surface area (Å²) in [5.41, 5.74) is 2.07. The predicted octanol–water partition coefficient (Wildman–Crippen LogP) is 4.12. The molecule has 1 fully saturated rings. The zero-order valence-corrected chi connectivity index (χ0v) is 23.4. The van der Waals surface area contributed by atoms with E-state index in [0.29, 0.717) is 64.9 Å². The van der Waals surface area contributed by atoms with Crippen LogP contribution in [0, 0.1) is 11.6 Å². The van der Waals surface area contributed by atoms with Crippen LogP contribution in [0.25, 0.3) is 22.0 Å². The fourth-order valence-corrected chi connectivity index (χ4v) is 5.05. The van der Waals surface area contributed by atoms with Crippen LogP contribution in [0.4, 0.5) is 20.4 Å². The monoisotopic (exact) mass is 595 g/mol. The second-order valence-corrected chi connectivity index (χ2v) is 10.3. The average molecular weight is 596 g/mol. The van der Waals surface area contributed by atoms with Gasteiger partial charge >= 0.3 is 5.97 Å². The maximum atomic E-state index is 15.2. The number of nitrogens with one attached hydrogen (secondary N) is 2. The summed E-state index contributed by atoms with van der Waals surface area (Å²) in [6.07, 6.45) is 4.52. The number of carboxylic acid groups (broad SMARTS) is 1. The van der Waals surface area contributed by atoms with Crippen LogP contribution in [0.2, 0.25) is 5.02 Å². The smallest absolute Gasteiger partial charge is 0.322 e. The summed E-state index contributed by atoms with van der Waals surface area (Å²) in [5.74, 6) is -1.82. The van der Waals surface area contributed by atoms with Gasteiger partial charge in [-0.05, 0) is 19.1 Å². The number of carbonyl (C=O) groups excluding carboxylic acids is 1. The molecule has 1 aliphatic rings. The molecule has 0 radical (unpaired) electrons. The van der Waals surface area contributed by atoms with Crippen LogP contribution in [-0.2, 0) is 9.59 Å². The molecule has 0 aliphatic carbocycles. The van der Waals surface area contributed by atoms with Gasteiger partial charge in [-0.15, -0.1) is 0 Å². The fraction of sp³-hybridized carbons (Fsp3) is 0.276. The third-order valence-corrected chi connectivity index (χ3v) is 7.34. The molecule has 1 saturated heterocycles. The predicted molar refractivity (Wildman–Crippen MR) is 155 cm³/mol. The van der Waals surface area contributed by atoms with Crippen molar-refractivity contribution in [2.24, 2.45) is 0 Å². The second-order valence-electron chi connectivity index (χ2n) is 9.92. The molecule has 0 saturated carbocycles. The van der Waals surface area contributed by atoms with Crippen molar-refractivity contribution in [3.05, 3.63) is 77.2 Å². The lowest BCUT2D eigenvalue weighted by Crippen LogP contribution is -2.50. The minimum atomic E-state index is -1.09. The number of pyridine rings is 1. The van der Waals surface area contributed by atoms with Crippen molar-refractivity contribution in [1.29, 1.82) is 0 Å². The Bertz CT molecular complexity index is 1620. The number of nitrogens with zero attached hydrogens (tertiary/aromatic N) is 5. The summed E-state index contributed by atoms with van der Waals surface area (Å²) < 4.78 is 29.6. The largest absolute Gasteiger partial charge is 0.480 e. The molecular weight excluding hydrogens is 568 g/mol. The van der Waals surface area contributed by atoms with Crippen molar-refractivity contribution >= 4 is 46.0 Å². The Balaban J connectivity index is 1.32. The normalized spacial score (nSPS) is 14.5. The number of carbonyl (C=O) groups is 2. The van der Waals surface area contributed by atoms with Gasteiger partial charge in [-0.2, -0.15) is 0 Å². The molecule has 1 atom stereocenters. The first-order valence-electron chi connectivity index (χ1n) is 13.3. The minimum Gasteiger partial charge on any atom is -0.480 e. The number of hydrogen-bond acceptors (Lipinski definition) is 8. The molecule has 5 rings (SSSR count). The molecule has 218 valence electrons. The first-order chi connectivity index (χ1) is 20.2. The van der Waals surface area contributed by atoms with E-state index in [1.165, 1.54) is 18.3 Å². The molecule has 1 aliphatic heterocycles. The summed E-state index contributed by atoms with van der Waals surface area (Å²) in [4.78, 5) is 39.6. The minimum absolute atomic E-state index is 0.108. The Morgan fingerprint density at radius 1 is 1.02 bits per heavy atom. The molecule has 2 aromatic carbocycles. The van der Waals surface area contributed by atoms with Gasteiger partial charge < -0.3 is 20.6 Å². The zero-order valence-electron chi connectivity index (χ0n) is 22.6. The Morgan fingerprint density at radius 3 is 2.43 bits per heavy atom. The maximum absolute atomic E-state index is 15.2. The number of hydrogen-bond donors (Lipinski definition) is 3. The third-order valence-electron chi connectivity index (χ3n) is 7.05. The van der Waals surface area contributed by atoms with Crippen LogP contribution in [0.1, 0.15) is 18.5 Å². The van der Waals surface area contributed by atoms with Crippen LogP contribution < -0.4 is 15.5 Å². The van der Waals surface area contributed by atoms with Gasteiger partial charge in [0.15, 0.2) is 0 Å². The van der Waals surface area contributed by atoms with Gasteiger partial charge in [0.05, 0.1) is 28.8 Å². The number of aliphatic carboxylic acids is 1. The lowest BCUT2D eigenvalue weighted by molar-refractivity contribution is -0.138. The van der Waals surface area contributed by atoms with Gasteiger partial charge in [0, 0.05) is 72.9 Å². The van der Waals surface area contributed by atoms with E-state index in [1.807, 2.05) is 16.7 Å². The zero-order chi connectivity index (χ0) is 29.8. The molecule has 0 bridgehead atoms. The quantitative estimate of drug-likeness (QED) is 0.262. The van der Waals surface area contributed by atoms with Gasteiger partial charge in [-0.1, -0.05) is 29.8 Å². The van der Waals surface area contributed by atoms with Gasteiger partial charge in [0.2, 0.25) is 11.9 Å². The highest BCUT2D eigenvalue weighted by Crippen LogP contribution is 2.36. The number of piperazine rings is 1. The van der Waals surface area contributed by atoms with Crippen molar-refractivity contribution in [1.82, 2.24) is 25.2 Å². The van der Waals surface area contributed by atoms with Crippen molar-refractivity contribution < 1.29 is 23.5 Å². The molecule has 1 unspecified atom stereocenters. The summed E-state index contributed by atoms with van der Waals surface area (Å²) in [7, 11) is 0. The van der Waals surface area contributed by atoms with E-state index in [-0.39, 0.29) is 23.8 Å². The van der Waals surface area contributed by atoms with E-state index in [1.54, 1.807) is 36.7 Å². The van der Waals surface area contributed by atoms with E-state index in [4.69, 9.17) is 16.7 Å². The summed E-state index contributed by atoms with van der Waals surface area (Å²) in [6, 6.07) is 8.98. The van der Waals surface area contributed by atoms with Crippen LogP contribution >= 0.6 is 11.6 Å². The van der Waals surface area contributed by atoms with Gasteiger partial charge in [-0.25, -0.2) is 18.7 Å². The first-order valence-corrected chi connectivity index (χ1v) is 13.6. The van der Waals surface area contributed by atoms with E-state index >= 15 is 4.39 Å². The highest BCUT2D eigenvalue weighted by molar-refractivity contribution is 6.34. The van der Waals surface area contributed by atoms with E-state index in [9.17, 15) is 14.0 Å². The number of aromatic nitrogens is 3. The summed E-state index contributed by atoms with van der Waals surface area (Å²) in [5, 5.41) is 15.2. The fourth-order valence-electron chi connectivity index (χ4n) is 4.84. The highest BCUT2D eigenvalue weighted by Gasteiger charge is 2.22. The molecule has 1 amide bonds. The van der Waals surface area contributed by atoms with E-state index in [2.05, 4.69) is 25.6 Å². The lowest BCUT2D eigenvalue weighted by Gasteiger charge is -2.34. The Kier molecular flexibility index (Phi) is 8.74. The number of fused-ring (bicyclic) bond motifs is 1. The summed E-state index contributed by atoms with van der Waals surface area (Å²) in [6.45, 7) is 3.78. The lowest BCUT2D eigenvalue weighted by atomic mass is 10.0. The number of carboxylic acids is 1. The number of halogens is 3. The highest BCUT2D eigenvalue weighted by atomic mass is 35.5. The van der Waals surface area contributed by atoms with E-state index < -0.39 is 24.4 Å². The van der Waals surface area contributed by atoms with Crippen molar-refractivity contribution in [2.75, 3.05) is 49.5 Å². The topological polar surface area (TPSA) is 124 Å². The second kappa shape index (κ2) is 12.6. The standard InChI is InChI=1S/C29H28ClF2N7O3/c1-17(19-4-2-3-5-23(19)31)37-28-21-10-20(24(32)11-25(21)33-14-22(28)30)18-12-35-29(36-13-18)39-8-6-38(7-9-39)16-26(40)34-15-27(41)42/h2-5,10-14,17H,6-9,15-16H2,1H3,(H,33,37)(H,34,40)(H,41,42). The SMILES string of the molecule is CC(Nc1c(Cl)cnc2cc(F)c(-c3cnc(N4CCN(CC(=O)NCC(=O)O)CC4)nc3)cc12)c1ccccc1F. The number of rotatable bonds is 9. The third kappa shape index (κ3) is 6.55. The molecule has 0 spiro atoms. The number of benzene rings is 2. The molecule has 3 heterocycles. The maximum Gasteiger partial charge on any atom is 0.322 e. The van der Waals surface area contributed by atoms with E-state index in [0.717, 1.165) is 0 Å². The molecule has 3 N–H and O–H groups in total. The molecule has 13 heteroatoms. The first kappa shape index (κ1) is 29.1. The number of anilines is 2. The molecule has 2 aromatic heterocycles. The van der Waals surface area contributed by atoms with Gasteiger partial charge in [-0.3, -0.25) is 19.5 Å². The average Bonchev–Trinajstić information content (AvgIpc) is 2.98. The van der Waals surface area contributed by atoms with Gasteiger partial charge in [0.25, 0.3) is 0 Å². The van der Waals surface area contributed by atoms with Gasteiger partial charge in [0.1, 0.15) is 18.2 Å². The van der Waals surface area contributed by atoms with Crippen LogP contribution in [0.3, 0.4) is 0 Å². The molecule has 10 nitrogen and oxygen atoms in total. The Labute approximate surface area is 245 Å².